The molecular weight excluding hydrogens is 312 g/mol. The van der Waals surface area contributed by atoms with E-state index in [1.807, 2.05) is 24.3 Å². The first-order valence-electron chi connectivity index (χ1n) is 7.25. The van der Waals surface area contributed by atoms with E-state index in [0.717, 1.165) is 10.9 Å². The molecule has 0 radical (unpaired) electrons. The highest BCUT2D eigenvalue weighted by atomic mass is 32.2. The van der Waals surface area contributed by atoms with Crippen LogP contribution in [-0.4, -0.2) is 25.1 Å². The zero-order chi connectivity index (χ0) is 16.0. The number of benzene rings is 2. The maximum atomic E-state index is 12.5. The second-order valence-corrected chi connectivity index (χ2v) is 7.62. The molecule has 0 unspecified atom stereocenters. The molecule has 116 valence electrons. The number of hydrogen-bond acceptors (Lipinski definition) is 3. The average molecular weight is 326 g/mol. The summed E-state index contributed by atoms with van der Waals surface area (Å²) in [6.45, 7) is 0. The molecule has 0 spiro atoms. The van der Waals surface area contributed by atoms with Gasteiger partial charge in [-0.25, -0.2) is 8.42 Å². The third kappa shape index (κ3) is 2.31. The van der Waals surface area contributed by atoms with E-state index >= 15 is 0 Å². The van der Waals surface area contributed by atoms with Gasteiger partial charge in [0.1, 0.15) is 5.69 Å². The molecule has 0 fully saturated rings. The Kier molecular flexibility index (Phi) is 3.02. The van der Waals surface area contributed by atoms with Crippen molar-refractivity contribution in [1.82, 2.24) is 10.3 Å². The highest BCUT2D eigenvalue weighted by Crippen LogP contribution is 2.33. The zero-order valence-corrected chi connectivity index (χ0v) is 12.9. The van der Waals surface area contributed by atoms with Crippen LogP contribution in [0.15, 0.2) is 59.5 Å². The van der Waals surface area contributed by atoms with Crippen LogP contribution in [0.2, 0.25) is 0 Å². The number of aromatic amines is 1. The third-order valence-corrected chi connectivity index (χ3v) is 5.91. The molecule has 2 aromatic carbocycles. The van der Waals surface area contributed by atoms with Crippen molar-refractivity contribution >= 4 is 26.6 Å². The van der Waals surface area contributed by atoms with Crippen molar-refractivity contribution in [3.63, 3.8) is 0 Å². The molecule has 1 aliphatic heterocycles. The van der Waals surface area contributed by atoms with Gasteiger partial charge in [0.15, 0.2) is 9.84 Å². The number of sulfone groups is 1. The van der Waals surface area contributed by atoms with Gasteiger partial charge in [-0.15, -0.1) is 0 Å². The summed E-state index contributed by atoms with van der Waals surface area (Å²) < 4.78 is 24.3. The number of amides is 1. The predicted molar refractivity (Wildman–Crippen MR) is 87.0 cm³/mol. The largest absolute Gasteiger partial charge is 0.351 e. The van der Waals surface area contributed by atoms with Gasteiger partial charge in [0.25, 0.3) is 5.91 Å². The normalized spacial score (nSPS) is 18.7. The van der Waals surface area contributed by atoms with E-state index in [0.29, 0.717) is 16.2 Å². The van der Waals surface area contributed by atoms with Gasteiger partial charge in [-0.1, -0.05) is 36.4 Å². The lowest BCUT2D eigenvalue weighted by Crippen LogP contribution is -2.29. The lowest BCUT2D eigenvalue weighted by Gasteiger charge is -2.11. The maximum Gasteiger partial charge on any atom is 0.268 e. The van der Waals surface area contributed by atoms with Crippen molar-refractivity contribution in [2.45, 2.75) is 10.9 Å². The Balaban J connectivity index is 1.65. The number of fused-ring (bicyclic) bond motifs is 2. The molecule has 23 heavy (non-hydrogen) atoms. The summed E-state index contributed by atoms with van der Waals surface area (Å²) in [5, 5.41) is 3.76. The van der Waals surface area contributed by atoms with Crippen molar-refractivity contribution in [3.05, 3.63) is 65.9 Å². The standard InChI is InChI=1S/C17H14N2O3S/c20-17(14-9-11-5-1-3-7-13(11)18-14)19-15-10-23(21,22)16-8-4-2-6-12(15)16/h1-9,15,18H,10H2,(H,19,20)/t15-/m0/s1. The Morgan fingerprint density at radius 1 is 1.09 bits per heavy atom. The number of para-hydroxylation sites is 1. The van der Waals surface area contributed by atoms with Gasteiger partial charge < -0.3 is 10.3 Å². The SMILES string of the molecule is O=C(N[C@H]1CS(=O)(=O)c2ccccc21)c1cc2ccccc2[nH]1. The summed E-state index contributed by atoms with van der Waals surface area (Å²) in [5.74, 6) is -0.406. The number of nitrogens with one attached hydrogen (secondary N) is 2. The number of aromatic nitrogens is 1. The van der Waals surface area contributed by atoms with Gasteiger partial charge in [0.05, 0.1) is 16.7 Å². The molecule has 2 N–H and O–H groups in total. The molecule has 0 bridgehead atoms. The summed E-state index contributed by atoms with van der Waals surface area (Å²) in [5.41, 5.74) is 1.95. The van der Waals surface area contributed by atoms with Crippen LogP contribution in [0.5, 0.6) is 0 Å². The fourth-order valence-corrected chi connectivity index (χ4v) is 4.74. The van der Waals surface area contributed by atoms with Gasteiger partial charge in [-0.3, -0.25) is 4.79 Å². The first kappa shape index (κ1) is 14.0. The Hall–Kier alpha value is -2.60. The molecule has 5 nitrogen and oxygen atoms in total. The van der Waals surface area contributed by atoms with E-state index in [1.165, 1.54) is 0 Å². The topological polar surface area (TPSA) is 79.0 Å². The molecule has 1 aromatic heterocycles. The number of carbonyl (C=O) groups is 1. The molecule has 0 aliphatic carbocycles. The van der Waals surface area contributed by atoms with Crippen molar-refractivity contribution in [3.8, 4) is 0 Å². The molecule has 2 heterocycles. The molecule has 0 saturated carbocycles. The summed E-state index contributed by atoms with van der Waals surface area (Å²) in [6, 6.07) is 15.6. The Labute approximate surface area is 133 Å². The summed E-state index contributed by atoms with van der Waals surface area (Å²) in [4.78, 5) is 15.8. The van der Waals surface area contributed by atoms with Crippen LogP contribution < -0.4 is 5.32 Å². The fourth-order valence-electron chi connectivity index (χ4n) is 3.00. The highest BCUT2D eigenvalue weighted by Gasteiger charge is 2.35. The van der Waals surface area contributed by atoms with E-state index in [-0.39, 0.29) is 11.7 Å². The van der Waals surface area contributed by atoms with Crippen LogP contribution in [0, 0.1) is 0 Å². The first-order valence-corrected chi connectivity index (χ1v) is 8.90. The van der Waals surface area contributed by atoms with Crippen molar-refractivity contribution in [1.29, 1.82) is 0 Å². The minimum absolute atomic E-state index is 0.0989. The van der Waals surface area contributed by atoms with Crippen LogP contribution in [-0.2, 0) is 9.84 Å². The molecule has 1 amide bonds. The lowest BCUT2D eigenvalue weighted by atomic mass is 10.1. The average Bonchev–Trinajstić information content (AvgIpc) is 3.07. The van der Waals surface area contributed by atoms with Gasteiger partial charge >= 0.3 is 0 Å². The zero-order valence-electron chi connectivity index (χ0n) is 12.1. The van der Waals surface area contributed by atoms with Crippen LogP contribution in [0.4, 0.5) is 0 Å². The molecule has 1 atom stereocenters. The smallest absolute Gasteiger partial charge is 0.268 e. The molecule has 1 aliphatic rings. The van der Waals surface area contributed by atoms with Gasteiger partial charge in [0, 0.05) is 10.9 Å². The summed E-state index contributed by atoms with van der Waals surface area (Å²) in [6.07, 6.45) is 0. The van der Waals surface area contributed by atoms with Crippen LogP contribution in [0.25, 0.3) is 10.9 Å². The Bertz CT molecular complexity index is 988. The highest BCUT2D eigenvalue weighted by molar-refractivity contribution is 7.91. The van der Waals surface area contributed by atoms with Crippen LogP contribution >= 0.6 is 0 Å². The van der Waals surface area contributed by atoms with Gasteiger partial charge in [0.2, 0.25) is 0 Å². The summed E-state index contributed by atoms with van der Waals surface area (Å²) in [7, 11) is -3.33. The number of H-pyrrole nitrogens is 1. The molecule has 4 rings (SSSR count). The second-order valence-electron chi connectivity index (χ2n) is 5.62. The Morgan fingerprint density at radius 2 is 1.83 bits per heavy atom. The number of rotatable bonds is 2. The number of hydrogen-bond donors (Lipinski definition) is 2. The first-order chi connectivity index (χ1) is 11.0. The lowest BCUT2D eigenvalue weighted by molar-refractivity contribution is 0.0936. The van der Waals surface area contributed by atoms with Gasteiger partial charge in [-0.2, -0.15) is 0 Å². The van der Waals surface area contributed by atoms with E-state index in [1.54, 1.807) is 30.3 Å². The Morgan fingerprint density at radius 3 is 2.65 bits per heavy atom. The molecule has 6 heteroatoms. The fraction of sp³-hybridized carbons (Fsp3) is 0.118. The maximum absolute atomic E-state index is 12.5. The second kappa shape index (κ2) is 4.96. The quantitative estimate of drug-likeness (QED) is 0.759. The van der Waals surface area contributed by atoms with E-state index in [4.69, 9.17) is 0 Å². The summed E-state index contributed by atoms with van der Waals surface area (Å²) >= 11 is 0. The third-order valence-electron chi connectivity index (χ3n) is 4.10. The molecule has 0 saturated heterocycles. The number of carbonyl (C=O) groups excluding carboxylic acids is 1. The van der Waals surface area contributed by atoms with Crippen molar-refractivity contribution < 1.29 is 13.2 Å². The van der Waals surface area contributed by atoms with E-state index in [9.17, 15) is 13.2 Å². The van der Waals surface area contributed by atoms with E-state index in [2.05, 4.69) is 10.3 Å². The van der Waals surface area contributed by atoms with E-state index < -0.39 is 15.9 Å². The van der Waals surface area contributed by atoms with Crippen LogP contribution in [0.1, 0.15) is 22.1 Å². The minimum Gasteiger partial charge on any atom is -0.351 e. The monoisotopic (exact) mass is 326 g/mol. The molecule has 3 aromatic rings. The van der Waals surface area contributed by atoms with Crippen molar-refractivity contribution in [2.24, 2.45) is 0 Å². The minimum atomic E-state index is -3.33. The van der Waals surface area contributed by atoms with Crippen LogP contribution in [0.3, 0.4) is 0 Å². The molecular formula is C17H14N2O3S. The van der Waals surface area contributed by atoms with Crippen molar-refractivity contribution in [2.75, 3.05) is 5.75 Å². The predicted octanol–water partition coefficient (Wildman–Crippen LogP) is 2.43. The van der Waals surface area contributed by atoms with Gasteiger partial charge in [-0.05, 0) is 23.8 Å².